The molecule has 0 atom stereocenters. The Morgan fingerprint density at radius 1 is 1.26 bits per heavy atom. The quantitative estimate of drug-likeness (QED) is 0.884. The summed E-state index contributed by atoms with van der Waals surface area (Å²) >= 11 is 0. The molecule has 0 spiro atoms. The summed E-state index contributed by atoms with van der Waals surface area (Å²) in [6.07, 6.45) is 7.22. The van der Waals surface area contributed by atoms with E-state index in [0.717, 1.165) is 37.9 Å². The van der Waals surface area contributed by atoms with E-state index < -0.39 is 0 Å². The second-order valence-corrected chi connectivity index (χ2v) is 6.04. The van der Waals surface area contributed by atoms with Gasteiger partial charge < -0.3 is 10.6 Å². The molecule has 1 aromatic carbocycles. The lowest BCUT2D eigenvalue weighted by molar-refractivity contribution is 0.226. The van der Waals surface area contributed by atoms with Gasteiger partial charge in [0.2, 0.25) is 0 Å². The first-order valence-electron chi connectivity index (χ1n) is 7.29. The Morgan fingerprint density at radius 2 is 2.00 bits per heavy atom. The van der Waals surface area contributed by atoms with Gasteiger partial charge in [0.25, 0.3) is 0 Å². The Balaban J connectivity index is 1.79. The molecule has 1 aromatic rings. The molecule has 106 valence electrons. The molecule has 1 aliphatic rings. The third-order valence-electron chi connectivity index (χ3n) is 4.18. The van der Waals surface area contributed by atoms with Crippen LogP contribution in [0.4, 0.5) is 4.39 Å². The minimum absolute atomic E-state index is 0.0362. The third kappa shape index (κ3) is 4.59. The molecule has 0 bridgehead atoms. The SMILES string of the molecule is CN(CCC1(N)CCCCC1)Cc1cccc(F)c1. The van der Waals surface area contributed by atoms with Crippen LogP contribution in [0.25, 0.3) is 0 Å². The van der Waals surface area contributed by atoms with Crippen molar-refractivity contribution in [2.75, 3.05) is 13.6 Å². The van der Waals surface area contributed by atoms with Crippen LogP contribution in [0, 0.1) is 5.82 Å². The van der Waals surface area contributed by atoms with Crippen molar-refractivity contribution in [1.82, 2.24) is 4.90 Å². The molecule has 19 heavy (non-hydrogen) atoms. The van der Waals surface area contributed by atoms with E-state index in [0.29, 0.717) is 0 Å². The molecule has 2 rings (SSSR count). The summed E-state index contributed by atoms with van der Waals surface area (Å²) in [5.74, 6) is -0.159. The number of hydrogen-bond acceptors (Lipinski definition) is 2. The average Bonchev–Trinajstić information content (AvgIpc) is 2.38. The minimum atomic E-state index is -0.159. The van der Waals surface area contributed by atoms with Crippen molar-refractivity contribution in [3.05, 3.63) is 35.6 Å². The van der Waals surface area contributed by atoms with Crippen LogP contribution in [0.3, 0.4) is 0 Å². The third-order valence-corrected chi connectivity index (χ3v) is 4.18. The Morgan fingerprint density at radius 3 is 2.68 bits per heavy atom. The van der Waals surface area contributed by atoms with Gasteiger partial charge in [0.05, 0.1) is 0 Å². The summed E-state index contributed by atoms with van der Waals surface area (Å²) in [5.41, 5.74) is 7.50. The lowest BCUT2D eigenvalue weighted by Gasteiger charge is -2.34. The molecule has 1 aliphatic carbocycles. The van der Waals surface area contributed by atoms with Gasteiger partial charge in [-0.25, -0.2) is 4.39 Å². The van der Waals surface area contributed by atoms with Gasteiger partial charge >= 0.3 is 0 Å². The van der Waals surface area contributed by atoms with Crippen molar-refractivity contribution >= 4 is 0 Å². The van der Waals surface area contributed by atoms with E-state index in [1.807, 2.05) is 6.07 Å². The second kappa shape index (κ2) is 6.49. The zero-order chi connectivity index (χ0) is 13.7. The van der Waals surface area contributed by atoms with E-state index in [-0.39, 0.29) is 11.4 Å². The maximum absolute atomic E-state index is 13.1. The van der Waals surface area contributed by atoms with Gasteiger partial charge in [-0.2, -0.15) is 0 Å². The molecule has 3 heteroatoms. The molecule has 0 radical (unpaired) electrons. The maximum atomic E-state index is 13.1. The van der Waals surface area contributed by atoms with E-state index in [1.165, 1.54) is 25.3 Å². The van der Waals surface area contributed by atoms with E-state index >= 15 is 0 Å². The fourth-order valence-electron chi connectivity index (χ4n) is 2.95. The van der Waals surface area contributed by atoms with E-state index in [2.05, 4.69) is 11.9 Å². The van der Waals surface area contributed by atoms with Gasteiger partial charge in [0.15, 0.2) is 0 Å². The molecule has 1 fully saturated rings. The number of rotatable bonds is 5. The van der Waals surface area contributed by atoms with Crippen LogP contribution in [-0.2, 0) is 6.54 Å². The van der Waals surface area contributed by atoms with Crippen LogP contribution in [0.5, 0.6) is 0 Å². The number of hydrogen-bond donors (Lipinski definition) is 1. The predicted molar refractivity (Wildman–Crippen MR) is 77.4 cm³/mol. The Kier molecular flexibility index (Phi) is 4.94. The summed E-state index contributed by atoms with van der Waals surface area (Å²) in [6, 6.07) is 6.83. The zero-order valence-corrected chi connectivity index (χ0v) is 11.9. The first kappa shape index (κ1) is 14.5. The summed E-state index contributed by atoms with van der Waals surface area (Å²) < 4.78 is 13.1. The summed E-state index contributed by atoms with van der Waals surface area (Å²) in [5, 5.41) is 0. The highest BCUT2D eigenvalue weighted by atomic mass is 19.1. The highest BCUT2D eigenvalue weighted by Crippen LogP contribution is 2.28. The molecule has 0 heterocycles. The van der Waals surface area contributed by atoms with Crippen LogP contribution in [-0.4, -0.2) is 24.0 Å². The smallest absolute Gasteiger partial charge is 0.123 e. The zero-order valence-electron chi connectivity index (χ0n) is 11.9. The molecule has 0 amide bonds. The standard InChI is InChI=1S/C16H25FN2/c1-19(13-14-6-5-7-15(17)12-14)11-10-16(18)8-3-2-4-9-16/h5-7,12H,2-4,8-11,13,18H2,1H3. The predicted octanol–water partition coefficient (Wildman–Crippen LogP) is 3.31. The average molecular weight is 264 g/mol. The molecule has 0 aromatic heterocycles. The Hall–Kier alpha value is -0.930. The summed E-state index contributed by atoms with van der Waals surface area (Å²) in [6.45, 7) is 1.76. The van der Waals surface area contributed by atoms with E-state index in [9.17, 15) is 4.39 Å². The number of nitrogens with two attached hydrogens (primary N) is 1. The highest BCUT2D eigenvalue weighted by Gasteiger charge is 2.27. The lowest BCUT2D eigenvalue weighted by atomic mass is 9.80. The van der Waals surface area contributed by atoms with Crippen LogP contribution >= 0.6 is 0 Å². The van der Waals surface area contributed by atoms with E-state index in [1.54, 1.807) is 12.1 Å². The molecule has 0 unspecified atom stereocenters. The molecular formula is C16H25FN2. The van der Waals surface area contributed by atoms with Crippen molar-refractivity contribution in [3.8, 4) is 0 Å². The van der Waals surface area contributed by atoms with Crippen LogP contribution in [0.2, 0.25) is 0 Å². The first-order valence-corrected chi connectivity index (χ1v) is 7.29. The topological polar surface area (TPSA) is 29.3 Å². The van der Waals surface area contributed by atoms with Gasteiger partial charge in [0, 0.05) is 12.1 Å². The summed E-state index contributed by atoms with van der Waals surface area (Å²) in [7, 11) is 2.08. The van der Waals surface area contributed by atoms with Crippen molar-refractivity contribution in [2.24, 2.45) is 5.73 Å². The largest absolute Gasteiger partial charge is 0.325 e. The Labute approximate surface area is 115 Å². The normalized spacial score (nSPS) is 18.7. The fraction of sp³-hybridized carbons (Fsp3) is 0.625. The maximum Gasteiger partial charge on any atom is 0.123 e. The van der Waals surface area contributed by atoms with Crippen LogP contribution in [0.1, 0.15) is 44.1 Å². The minimum Gasteiger partial charge on any atom is -0.325 e. The van der Waals surface area contributed by atoms with E-state index in [4.69, 9.17) is 5.73 Å². The second-order valence-electron chi connectivity index (χ2n) is 6.04. The molecular weight excluding hydrogens is 239 g/mol. The van der Waals surface area contributed by atoms with Gasteiger partial charge in [-0.05, 0) is 50.6 Å². The highest BCUT2D eigenvalue weighted by molar-refractivity contribution is 5.16. The molecule has 0 saturated heterocycles. The fourth-order valence-corrected chi connectivity index (χ4v) is 2.95. The van der Waals surface area contributed by atoms with Gasteiger partial charge in [0.1, 0.15) is 5.82 Å². The monoisotopic (exact) mass is 264 g/mol. The van der Waals surface area contributed by atoms with Gasteiger partial charge in [-0.3, -0.25) is 0 Å². The van der Waals surface area contributed by atoms with Crippen LogP contribution < -0.4 is 5.73 Å². The van der Waals surface area contributed by atoms with Crippen LogP contribution in [0.15, 0.2) is 24.3 Å². The molecule has 2 nitrogen and oxygen atoms in total. The molecule has 0 aliphatic heterocycles. The summed E-state index contributed by atoms with van der Waals surface area (Å²) in [4.78, 5) is 2.23. The Bertz CT molecular complexity index is 399. The van der Waals surface area contributed by atoms with Gasteiger partial charge in [-0.1, -0.05) is 31.4 Å². The number of halogens is 1. The lowest BCUT2D eigenvalue weighted by Crippen LogP contribution is -2.44. The van der Waals surface area contributed by atoms with Crippen molar-refractivity contribution in [2.45, 2.75) is 50.6 Å². The molecule has 1 saturated carbocycles. The van der Waals surface area contributed by atoms with Crippen molar-refractivity contribution in [3.63, 3.8) is 0 Å². The van der Waals surface area contributed by atoms with Crippen molar-refractivity contribution < 1.29 is 4.39 Å². The number of benzene rings is 1. The number of nitrogens with zero attached hydrogens (tertiary/aromatic N) is 1. The van der Waals surface area contributed by atoms with Crippen molar-refractivity contribution in [1.29, 1.82) is 0 Å². The first-order chi connectivity index (χ1) is 9.07. The molecule has 2 N–H and O–H groups in total. The van der Waals surface area contributed by atoms with Gasteiger partial charge in [-0.15, -0.1) is 0 Å².